The number of rotatable bonds is 7. The van der Waals surface area contributed by atoms with Crippen LogP contribution in [0, 0.1) is 0 Å². The summed E-state index contributed by atoms with van der Waals surface area (Å²) in [5.41, 5.74) is 0. The van der Waals surface area contributed by atoms with Crippen molar-refractivity contribution in [2.75, 3.05) is 39.8 Å². The lowest BCUT2D eigenvalue weighted by molar-refractivity contribution is 0.0468. The number of likely N-dealkylation sites (tertiary alicyclic amines) is 1. The summed E-state index contributed by atoms with van der Waals surface area (Å²) < 4.78 is 6.03. The highest BCUT2D eigenvalue weighted by molar-refractivity contribution is 14.0. The molecule has 0 radical (unpaired) electrons. The second kappa shape index (κ2) is 13.2. The van der Waals surface area contributed by atoms with Crippen LogP contribution in [0.25, 0.3) is 0 Å². The maximum atomic E-state index is 6.03. The summed E-state index contributed by atoms with van der Waals surface area (Å²) >= 11 is 0. The van der Waals surface area contributed by atoms with Gasteiger partial charge >= 0.3 is 0 Å². The van der Waals surface area contributed by atoms with Crippen molar-refractivity contribution < 1.29 is 4.74 Å². The summed E-state index contributed by atoms with van der Waals surface area (Å²) in [6.07, 6.45) is 10.9. The second-order valence-electron chi connectivity index (χ2n) is 6.91. The lowest BCUT2D eigenvalue weighted by Crippen LogP contribution is -2.40. The van der Waals surface area contributed by atoms with Crippen LogP contribution >= 0.6 is 24.0 Å². The molecule has 0 aromatic heterocycles. The number of halogens is 1. The van der Waals surface area contributed by atoms with E-state index in [1.807, 2.05) is 0 Å². The van der Waals surface area contributed by atoms with E-state index in [2.05, 4.69) is 29.5 Å². The highest BCUT2D eigenvalue weighted by atomic mass is 127. The topological polar surface area (TPSA) is 48.9 Å². The van der Waals surface area contributed by atoms with Gasteiger partial charge in [-0.25, -0.2) is 0 Å². The van der Waals surface area contributed by atoms with E-state index < -0.39 is 0 Å². The first-order valence-corrected chi connectivity index (χ1v) is 9.63. The van der Waals surface area contributed by atoms with Gasteiger partial charge in [0.05, 0.1) is 19.3 Å². The van der Waals surface area contributed by atoms with Crippen molar-refractivity contribution in [1.29, 1.82) is 0 Å². The van der Waals surface area contributed by atoms with Gasteiger partial charge in [0.15, 0.2) is 5.96 Å². The molecule has 0 aromatic rings. The van der Waals surface area contributed by atoms with Gasteiger partial charge in [-0.05, 0) is 46.2 Å². The molecule has 142 valence electrons. The first-order valence-electron chi connectivity index (χ1n) is 9.63. The molecule has 1 atom stereocenters. The Morgan fingerprint density at radius 1 is 1.08 bits per heavy atom. The maximum Gasteiger partial charge on any atom is 0.191 e. The summed E-state index contributed by atoms with van der Waals surface area (Å²) in [6, 6.07) is 0.604. The molecular formula is C18H37IN4O. The molecule has 1 saturated carbocycles. The smallest absolute Gasteiger partial charge is 0.191 e. The van der Waals surface area contributed by atoms with Crippen molar-refractivity contribution in [3.8, 4) is 0 Å². The van der Waals surface area contributed by atoms with Crippen LogP contribution in [0.1, 0.15) is 58.3 Å². The average molecular weight is 452 g/mol. The zero-order valence-corrected chi connectivity index (χ0v) is 17.9. The maximum absolute atomic E-state index is 6.03. The normalized spacial score (nSPS) is 23.6. The molecule has 1 unspecified atom stereocenters. The number of aliphatic imine (C=N–C) groups is 1. The highest BCUT2D eigenvalue weighted by Gasteiger charge is 2.20. The largest absolute Gasteiger partial charge is 0.376 e. The Labute approximate surface area is 165 Å². The van der Waals surface area contributed by atoms with Crippen LogP contribution in [-0.2, 0) is 4.74 Å². The van der Waals surface area contributed by atoms with E-state index in [0.29, 0.717) is 12.1 Å². The van der Waals surface area contributed by atoms with Crippen molar-refractivity contribution >= 4 is 29.9 Å². The molecule has 5 nitrogen and oxygen atoms in total. The third kappa shape index (κ3) is 8.34. The molecule has 2 N–H and O–H groups in total. The Morgan fingerprint density at radius 3 is 2.46 bits per heavy atom. The second-order valence-corrected chi connectivity index (χ2v) is 6.91. The van der Waals surface area contributed by atoms with E-state index in [1.165, 1.54) is 57.9 Å². The lowest BCUT2D eigenvalue weighted by Gasteiger charge is -2.19. The zero-order valence-electron chi connectivity index (χ0n) is 15.6. The fraction of sp³-hybridized carbons (Fsp3) is 0.944. The van der Waals surface area contributed by atoms with Crippen molar-refractivity contribution in [1.82, 2.24) is 15.5 Å². The van der Waals surface area contributed by atoms with E-state index in [1.54, 1.807) is 0 Å². The molecular weight excluding hydrogens is 415 g/mol. The van der Waals surface area contributed by atoms with Gasteiger partial charge in [-0.3, -0.25) is 4.99 Å². The number of nitrogens with zero attached hydrogens (tertiary/aromatic N) is 2. The van der Waals surface area contributed by atoms with Crippen LogP contribution in [0.2, 0.25) is 0 Å². The van der Waals surface area contributed by atoms with Gasteiger partial charge < -0.3 is 20.3 Å². The molecule has 2 aliphatic rings. The minimum atomic E-state index is 0. The first-order chi connectivity index (χ1) is 11.3. The molecule has 2 rings (SSSR count). The molecule has 0 aromatic carbocycles. The SMILES string of the molecule is CCNC(=NCC1CCCN1C)NCCOC1CCCCCC1.I. The predicted octanol–water partition coefficient (Wildman–Crippen LogP) is 2.99. The highest BCUT2D eigenvalue weighted by Crippen LogP contribution is 2.19. The number of hydrogen-bond acceptors (Lipinski definition) is 3. The summed E-state index contributed by atoms with van der Waals surface area (Å²) in [6.45, 7) is 6.71. The standard InChI is InChI=1S/C18H36N4O.HI/c1-3-19-18(21-15-16-9-8-13-22(16)2)20-12-14-23-17-10-6-4-5-7-11-17;/h16-17H,3-15H2,1-2H3,(H2,19,20,21);1H. The lowest BCUT2D eigenvalue weighted by atomic mass is 10.1. The minimum Gasteiger partial charge on any atom is -0.376 e. The minimum absolute atomic E-state index is 0. The van der Waals surface area contributed by atoms with Crippen LogP contribution in [0.15, 0.2) is 4.99 Å². The molecule has 0 bridgehead atoms. The van der Waals surface area contributed by atoms with E-state index in [9.17, 15) is 0 Å². The van der Waals surface area contributed by atoms with Crippen LogP contribution in [0.3, 0.4) is 0 Å². The molecule has 2 fully saturated rings. The summed E-state index contributed by atoms with van der Waals surface area (Å²) in [5.74, 6) is 0.928. The Hall–Kier alpha value is -0.0800. The fourth-order valence-corrected chi connectivity index (χ4v) is 3.55. The Balaban J connectivity index is 0.00000288. The fourth-order valence-electron chi connectivity index (χ4n) is 3.55. The van der Waals surface area contributed by atoms with E-state index in [0.717, 1.165) is 32.2 Å². The molecule has 24 heavy (non-hydrogen) atoms. The van der Waals surface area contributed by atoms with Crippen molar-refractivity contribution in [2.45, 2.75) is 70.4 Å². The Kier molecular flexibility index (Phi) is 12.0. The monoisotopic (exact) mass is 452 g/mol. The number of guanidine groups is 1. The van der Waals surface area contributed by atoms with Gasteiger partial charge in [-0.1, -0.05) is 25.7 Å². The van der Waals surface area contributed by atoms with Crippen LogP contribution in [-0.4, -0.2) is 62.8 Å². The van der Waals surface area contributed by atoms with E-state index in [4.69, 9.17) is 9.73 Å². The number of likely N-dealkylation sites (N-methyl/N-ethyl adjacent to an activating group) is 1. The van der Waals surface area contributed by atoms with Gasteiger partial charge in [0, 0.05) is 19.1 Å². The van der Waals surface area contributed by atoms with Crippen LogP contribution in [0.4, 0.5) is 0 Å². The summed E-state index contributed by atoms with van der Waals surface area (Å²) in [7, 11) is 2.20. The molecule has 1 aliphatic heterocycles. The van der Waals surface area contributed by atoms with Crippen LogP contribution in [0.5, 0.6) is 0 Å². The average Bonchev–Trinajstić information content (AvgIpc) is 2.80. The van der Waals surface area contributed by atoms with Crippen molar-refractivity contribution in [3.05, 3.63) is 0 Å². The molecule has 6 heteroatoms. The molecule has 0 spiro atoms. The predicted molar refractivity (Wildman–Crippen MR) is 112 cm³/mol. The Bertz CT molecular complexity index is 346. The summed E-state index contributed by atoms with van der Waals surface area (Å²) in [4.78, 5) is 7.16. The zero-order chi connectivity index (χ0) is 16.3. The van der Waals surface area contributed by atoms with Gasteiger partial charge in [0.2, 0.25) is 0 Å². The van der Waals surface area contributed by atoms with Gasteiger partial charge in [0.25, 0.3) is 0 Å². The Morgan fingerprint density at radius 2 is 1.83 bits per heavy atom. The summed E-state index contributed by atoms with van der Waals surface area (Å²) in [5, 5.41) is 6.74. The van der Waals surface area contributed by atoms with E-state index in [-0.39, 0.29) is 24.0 Å². The number of hydrogen-bond donors (Lipinski definition) is 2. The van der Waals surface area contributed by atoms with Crippen molar-refractivity contribution in [3.63, 3.8) is 0 Å². The van der Waals surface area contributed by atoms with E-state index >= 15 is 0 Å². The number of ether oxygens (including phenoxy) is 1. The third-order valence-corrected chi connectivity index (χ3v) is 5.03. The van der Waals surface area contributed by atoms with Gasteiger partial charge in [0.1, 0.15) is 0 Å². The van der Waals surface area contributed by atoms with Gasteiger partial charge in [-0.2, -0.15) is 0 Å². The number of nitrogens with one attached hydrogen (secondary N) is 2. The molecule has 1 aliphatic carbocycles. The van der Waals surface area contributed by atoms with Gasteiger partial charge in [-0.15, -0.1) is 24.0 Å². The molecule has 1 saturated heterocycles. The first kappa shape index (κ1) is 22.0. The van der Waals surface area contributed by atoms with Crippen LogP contribution < -0.4 is 10.6 Å². The quantitative estimate of drug-likeness (QED) is 0.205. The third-order valence-electron chi connectivity index (χ3n) is 5.03. The van der Waals surface area contributed by atoms with Crippen molar-refractivity contribution in [2.24, 2.45) is 4.99 Å². The molecule has 0 amide bonds. The molecule has 1 heterocycles.